The Balaban J connectivity index is 1.78. The maximum atomic E-state index is 12.8. The quantitative estimate of drug-likeness (QED) is 0.909. The Morgan fingerprint density at radius 3 is 3.09 bits per heavy atom. The van der Waals surface area contributed by atoms with Crippen LogP contribution in [0.3, 0.4) is 0 Å². The molecule has 2 fully saturated rings. The molecule has 6 nitrogen and oxygen atoms in total. The molecule has 1 spiro atoms. The summed E-state index contributed by atoms with van der Waals surface area (Å²) >= 11 is 0. The van der Waals surface area contributed by atoms with Gasteiger partial charge in [-0.2, -0.15) is 0 Å². The van der Waals surface area contributed by atoms with Crippen molar-refractivity contribution in [3.8, 4) is 0 Å². The Labute approximate surface area is 130 Å². The molecule has 0 aliphatic carbocycles. The lowest BCUT2D eigenvalue weighted by molar-refractivity contribution is -0.132. The summed E-state index contributed by atoms with van der Waals surface area (Å²) < 4.78 is 0. The van der Waals surface area contributed by atoms with Crippen molar-refractivity contribution in [2.45, 2.75) is 39.0 Å². The molecule has 2 aliphatic rings. The molecule has 2 amide bonds. The van der Waals surface area contributed by atoms with E-state index in [9.17, 15) is 9.59 Å². The summed E-state index contributed by atoms with van der Waals surface area (Å²) in [6.45, 7) is 3.96. The van der Waals surface area contributed by atoms with Crippen LogP contribution in [0.15, 0.2) is 12.5 Å². The number of hydrogen-bond acceptors (Lipinski definition) is 4. The van der Waals surface area contributed by atoms with Crippen molar-refractivity contribution in [3.05, 3.63) is 23.8 Å². The van der Waals surface area contributed by atoms with Gasteiger partial charge in [-0.25, -0.2) is 9.97 Å². The zero-order chi connectivity index (χ0) is 15.6. The first-order valence-electron chi connectivity index (χ1n) is 8.03. The highest BCUT2D eigenvalue weighted by atomic mass is 16.2. The molecule has 0 aromatic carbocycles. The van der Waals surface area contributed by atoms with E-state index in [4.69, 9.17) is 0 Å². The standard InChI is InChI=1S/C16H22N4O2/c1-2-4-13-12(9-17-11-19-13)14(21)20-8-6-16(10-20)5-3-7-18-15(16)22/h9,11H,2-8,10H2,1H3,(H,18,22). The van der Waals surface area contributed by atoms with Crippen molar-refractivity contribution < 1.29 is 9.59 Å². The first-order chi connectivity index (χ1) is 10.7. The number of aromatic nitrogens is 2. The molecule has 118 valence electrons. The van der Waals surface area contributed by atoms with Crippen LogP contribution in [0.1, 0.15) is 48.7 Å². The zero-order valence-electron chi connectivity index (χ0n) is 13.0. The fourth-order valence-electron chi connectivity index (χ4n) is 3.50. The second-order valence-corrected chi connectivity index (χ2v) is 6.25. The number of hydrogen-bond donors (Lipinski definition) is 1. The Morgan fingerprint density at radius 1 is 1.45 bits per heavy atom. The van der Waals surface area contributed by atoms with E-state index in [1.807, 2.05) is 0 Å². The van der Waals surface area contributed by atoms with E-state index in [0.29, 0.717) is 18.7 Å². The molecule has 1 N–H and O–H groups in total. The Kier molecular flexibility index (Phi) is 4.09. The van der Waals surface area contributed by atoms with Crippen molar-refractivity contribution in [1.29, 1.82) is 0 Å². The van der Waals surface area contributed by atoms with Crippen LogP contribution in [0.25, 0.3) is 0 Å². The molecule has 3 heterocycles. The normalized spacial score (nSPS) is 24.6. The van der Waals surface area contributed by atoms with Crippen molar-refractivity contribution in [3.63, 3.8) is 0 Å². The number of nitrogens with one attached hydrogen (secondary N) is 1. The highest BCUT2D eigenvalue weighted by Gasteiger charge is 2.47. The Morgan fingerprint density at radius 2 is 2.32 bits per heavy atom. The number of aryl methyl sites for hydroxylation is 1. The molecule has 1 aromatic heterocycles. The summed E-state index contributed by atoms with van der Waals surface area (Å²) in [5.41, 5.74) is 1.00. The van der Waals surface area contributed by atoms with Gasteiger partial charge in [-0.15, -0.1) is 0 Å². The maximum Gasteiger partial charge on any atom is 0.257 e. The largest absolute Gasteiger partial charge is 0.356 e. The summed E-state index contributed by atoms with van der Waals surface area (Å²) in [7, 11) is 0. The minimum atomic E-state index is -0.380. The van der Waals surface area contributed by atoms with Crippen LogP contribution in [-0.4, -0.2) is 46.3 Å². The van der Waals surface area contributed by atoms with Crippen LogP contribution in [0, 0.1) is 5.41 Å². The number of nitrogens with zero attached hydrogens (tertiary/aromatic N) is 3. The number of carbonyl (C=O) groups is 2. The van der Waals surface area contributed by atoms with Crippen molar-refractivity contribution in [2.75, 3.05) is 19.6 Å². The third-order valence-electron chi connectivity index (χ3n) is 4.75. The van der Waals surface area contributed by atoms with Crippen LogP contribution >= 0.6 is 0 Å². The van der Waals surface area contributed by atoms with E-state index in [1.165, 1.54) is 6.33 Å². The number of carbonyl (C=O) groups excluding carboxylic acids is 2. The molecular weight excluding hydrogens is 280 g/mol. The summed E-state index contributed by atoms with van der Waals surface area (Å²) in [6, 6.07) is 0. The summed E-state index contributed by atoms with van der Waals surface area (Å²) in [6.07, 6.45) is 7.40. The van der Waals surface area contributed by atoms with Gasteiger partial charge in [-0.3, -0.25) is 9.59 Å². The average molecular weight is 302 g/mol. The van der Waals surface area contributed by atoms with Crippen LogP contribution in [0.4, 0.5) is 0 Å². The van der Waals surface area contributed by atoms with Gasteiger partial charge in [0.15, 0.2) is 0 Å². The van der Waals surface area contributed by atoms with E-state index in [0.717, 1.165) is 44.3 Å². The Hall–Kier alpha value is -1.98. The van der Waals surface area contributed by atoms with Gasteiger partial charge in [0.25, 0.3) is 5.91 Å². The molecule has 2 saturated heterocycles. The lowest BCUT2D eigenvalue weighted by Gasteiger charge is -2.32. The number of rotatable bonds is 3. The minimum Gasteiger partial charge on any atom is -0.356 e. The van der Waals surface area contributed by atoms with Crippen LogP contribution in [-0.2, 0) is 11.2 Å². The highest BCUT2D eigenvalue weighted by molar-refractivity contribution is 5.96. The van der Waals surface area contributed by atoms with E-state index in [2.05, 4.69) is 22.2 Å². The fraction of sp³-hybridized carbons (Fsp3) is 0.625. The van der Waals surface area contributed by atoms with Crippen LogP contribution in [0.2, 0.25) is 0 Å². The minimum absolute atomic E-state index is 0.0423. The summed E-state index contributed by atoms with van der Waals surface area (Å²) in [5.74, 6) is 0.0615. The van der Waals surface area contributed by atoms with Gasteiger partial charge in [-0.1, -0.05) is 13.3 Å². The monoisotopic (exact) mass is 302 g/mol. The first kappa shape index (κ1) is 14.9. The van der Waals surface area contributed by atoms with E-state index in [1.54, 1.807) is 11.1 Å². The highest BCUT2D eigenvalue weighted by Crippen LogP contribution is 2.37. The van der Waals surface area contributed by atoms with E-state index < -0.39 is 0 Å². The van der Waals surface area contributed by atoms with Crippen molar-refractivity contribution >= 4 is 11.8 Å². The van der Waals surface area contributed by atoms with E-state index in [-0.39, 0.29) is 17.2 Å². The molecule has 0 bridgehead atoms. The predicted octanol–water partition coefficient (Wildman–Crippen LogP) is 1.17. The van der Waals surface area contributed by atoms with Crippen molar-refractivity contribution in [2.24, 2.45) is 5.41 Å². The lowest BCUT2D eigenvalue weighted by Crippen LogP contribution is -2.47. The molecule has 1 unspecified atom stereocenters. The third-order valence-corrected chi connectivity index (χ3v) is 4.75. The van der Waals surface area contributed by atoms with Gasteiger partial charge >= 0.3 is 0 Å². The number of piperidine rings is 1. The van der Waals surface area contributed by atoms with Gasteiger partial charge in [0, 0.05) is 25.8 Å². The third kappa shape index (κ3) is 2.58. The van der Waals surface area contributed by atoms with Gasteiger partial charge in [0.2, 0.25) is 5.91 Å². The lowest BCUT2D eigenvalue weighted by atomic mass is 9.79. The average Bonchev–Trinajstić information content (AvgIpc) is 2.96. The molecule has 22 heavy (non-hydrogen) atoms. The molecular formula is C16H22N4O2. The second-order valence-electron chi connectivity index (χ2n) is 6.25. The topological polar surface area (TPSA) is 75.2 Å². The molecule has 1 atom stereocenters. The maximum absolute atomic E-state index is 12.8. The van der Waals surface area contributed by atoms with E-state index >= 15 is 0 Å². The summed E-state index contributed by atoms with van der Waals surface area (Å²) in [5, 5.41) is 2.94. The molecule has 1 aromatic rings. The zero-order valence-corrected chi connectivity index (χ0v) is 13.0. The second kappa shape index (κ2) is 6.02. The molecule has 0 saturated carbocycles. The van der Waals surface area contributed by atoms with Crippen LogP contribution in [0.5, 0.6) is 0 Å². The Bertz CT molecular complexity index is 589. The van der Waals surface area contributed by atoms with Gasteiger partial charge in [0.05, 0.1) is 16.7 Å². The molecule has 0 radical (unpaired) electrons. The van der Waals surface area contributed by atoms with Gasteiger partial charge < -0.3 is 10.2 Å². The molecule has 6 heteroatoms. The SMILES string of the molecule is CCCc1ncncc1C(=O)N1CCC2(CCCNC2=O)C1. The van der Waals surface area contributed by atoms with Crippen molar-refractivity contribution in [1.82, 2.24) is 20.2 Å². The molecule has 3 rings (SSSR count). The predicted molar refractivity (Wildman–Crippen MR) is 81.2 cm³/mol. The molecule has 2 aliphatic heterocycles. The summed E-state index contributed by atoms with van der Waals surface area (Å²) in [4.78, 5) is 35.0. The number of amides is 2. The smallest absolute Gasteiger partial charge is 0.257 e. The van der Waals surface area contributed by atoms with Gasteiger partial charge in [-0.05, 0) is 25.7 Å². The fourth-order valence-corrected chi connectivity index (χ4v) is 3.50. The number of likely N-dealkylation sites (tertiary alicyclic amines) is 1. The van der Waals surface area contributed by atoms with Gasteiger partial charge in [0.1, 0.15) is 6.33 Å². The first-order valence-corrected chi connectivity index (χ1v) is 8.03. The van der Waals surface area contributed by atoms with Crippen LogP contribution < -0.4 is 5.32 Å².